The van der Waals surface area contributed by atoms with Crippen molar-refractivity contribution in [2.45, 2.75) is 17.3 Å². The first-order valence-electron chi connectivity index (χ1n) is 10.1. The molecule has 0 N–H and O–H groups in total. The number of hydrogen-bond acceptors (Lipinski definition) is 4. The van der Waals surface area contributed by atoms with Crippen LogP contribution in [0.2, 0.25) is 5.02 Å². The van der Waals surface area contributed by atoms with Gasteiger partial charge in [0, 0.05) is 28.6 Å². The van der Waals surface area contributed by atoms with E-state index in [-0.39, 0.29) is 11.6 Å². The molecule has 4 aromatic rings. The minimum atomic E-state index is -0.376. The Bertz CT molecular complexity index is 1260. The molecule has 0 amide bonds. The summed E-state index contributed by atoms with van der Waals surface area (Å²) in [5.74, 6) is 1.11. The van der Waals surface area contributed by atoms with Gasteiger partial charge < -0.3 is 9.47 Å². The highest BCUT2D eigenvalue weighted by atomic mass is 35.5. The summed E-state index contributed by atoms with van der Waals surface area (Å²) in [6.07, 6.45) is 2.37. The second-order valence-corrected chi connectivity index (χ2v) is 8.58. The Morgan fingerprint density at radius 1 is 0.909 bits per heavy atom. The standard InChI is InChI=1S/C25H21ClF2N2O2S/c1-31-23-10-3-16(12-24(23)32-2)11-21-14-29-25(30(21)20-8-6-18(27)7-9-20)33-15-17-4-5-19(28)13-22(17)26/h3-10,12-14H,11,15H2,1-2H3. The van der Waals surface area contributed by atoms with Crippen LogP contribution in [0.4, 0.5) is 8.78 Å². The summed E-state index contributed by atoms with van der Waals surface area (Å²) < 4.78 is 39.7. The van der Waals surface area contributed by atoms with Crippen molar-refractivity contribution in [1.29, 1.82) is 0 Å². The molecule has 4 nitrogen and oxygen atoms in total. The third-order valence-electron chi connectivity index (χ3n) is 5.09. The SMILES string of the molecule is COc1ccc(Cc2cnc(SCc3ccc(F)cc3Cl)n2-c2ccc(F)cc2)cc1OC. The Morgan fingerprint density at radius 3 is 2.33 bits per heavy atom. The van der Waals surface area contributed by atoms with E-state index in [1.54, 1.807) is 38.6 Å². The number of rotatable bonds is 8. The lowest BCUT2D eigenvalue weighted by Crippen LogP contribution is -2.03. The van der Waals surface area contributed by atoms with Crippen molar-refractivity contribution in [2.24, 2.45) is 0 Å². The third-order valence-corrected chi connectivity index (χ3v) is 6.45. The van der Waals surface area contributed by atoms with Crippen molar-refractivity contribution in [3.8, 4) is 17.2 Å². The molecule has 0 bridgehead atoms. The van der Waals surface area contributed by atoms with Crippen LogP contribution in [0.25, 0.3) is 5.69 Å². The van der Waals surface area contributed by atoms with Crippen LogP contribution in [0.1, 0.15) is 16.8 Å². The van der Waals surface area contributed by atoms with Crippen molar-refractivity contribution >= 4 is 23.4 Å². The normalized spacial score (nSPS) is 10.9. The lowest BCUT2D eigenvalue weighted by molar-refractivity contribution is 0.354. The molecule has 1 heterocycles. The van der Waals surface area contributed by atoms with Gasteiger partial charge in [-0.3, -0.25) is 4.57 Å². The van der Waals surface area contributed by atoms with Crippen LogP contribution in [0.15, 0.2) is 72.0 Å². The summed E-state index contributed by atoms with van der Waals surface area (Å²) in [4.78, 5) is 4.61. The molecule has 0 radical (unpaired) electrons. The summed E-state index contributed by atoms with van der Waals surface area (Å²) >= 11 is 7.66. The van der Waals surface area contributed by atoms with Gasteiger partial charge in [-0.05, 0) is 59.7 Å². The van der Waals surface area contributed by atoms with E-state index in [9.17, 15) is 8.78 Å². The van der Waals surface area contributed by atoms with Crippen LogP contribution in [-0.4, -0.2) is 23.8 Å². The number of hydrogen-bond donors (Lipinski definition) is 0. The highest BCUT2D eigenvalue weighted by molar-refractivity contribution is 7.98. The first-order chi connectivity index (χ1) is 16.0. The predicted molar refractivity (Wildman–Crippen MR) is 127 cm³/mol. The fourth-order valence-electron chi connectivity index (χ4n) is 3.44. The Balaban J connectivity index is 1.67. The average Bonchev–Trinajstić information content (AvgIpc) is 3.21. The van der Waals surface area contributed by atoms with Crippen molar-refractivity contribution in [3.05, 3.63) is 100 Å². The van der Waals surface area contributed by atoms with Crippen LogP contribution >= 0.6 is 23.4 Å². The van der Waals surface area contributed by atoms with E-state index in [0.29, 0.717) is 28.7 Å². The minimum Gasteiger partial charge on any atom is -0.493 e. The number of nitrogens with zero attached hydrogens (tertiary/aromatic N) is 2. The molecule has 170 valence electrons. The van der Waals surface area contributed by atoms with Gasteiger partial charge in [0.25, 0.3) is 0 Å². The zero-order chi connectivity index (χ0) is 23.4. The van der Waals surface area contributed by atoms with Gasteiger partial charge in [-0.1, -0.05) is 35.5 Å². The molecule has 33 heavy (non-hydrogen) atoms. The van der Waals surface area contributed by atoms with Crippen molar-refractivity contribution in [2.75, 3.05) is 14.2 Å². The fraction of sp³-hybridized carbons (Fsp3) is 0.160. The molecule has 4 rings (SSSR count). The number of imidazole rings is 1. The number of halogens is 3. The molecule has 0 saturated carbocycles. The molecule has 8 heteroatoms. The highest BCUT2D eigenvalue weighted by Gasteiger charge is 2.15. The maximum Gasteiger partial charge on any atom is 0.173 e. The van der Waals surface area contributed by atoms with Crippen LogP contribution in [-0.2, 0) is 12.2 Å². The molecule has 0 saturated heterocycles. The summed E-state index contributed by atoms with van der Waals surface area (Å²) in [6.45, 7) is 0. The van der Waals surface area contributed by atoms with Crippen molar-refractivity contribution < 1.29 is 18.3 Å². The maximum atomic E-state index is 13.6. The zero-order valence-corrected chi connectivity index (χ0v) is 19.6. The van der Waals surface area contributed by atoms with E-state index in [1.807, 2.05) is 22.8 Å². The molecule has 3 aromatic carbocycles. The van der Waals surface area contributed by atoms with Crippen LogP contribution in [0.3, 0.4) is 0 Å². The quantitative estimate of drug-likeness (QED) is 0.259. The van der Waals surface area contributed by atoms with Crippen LogP contribution in [0.5, 0.6) is 11.5 Å². The van der Waals surface area contributed by atoms with E-state index in [0.717, 1.165) is 27.7 Å². The summed E-state index contributed by atoms with van der Waals surface area (Å²) in [5, 5.41) is 1.09. The number of benzene rings is 3. The first-order valence-corrected chi connectivity index (χ1v) is 11.4. The van der Waals surface area contributed by atoms with Gasteiger partial charge in [0.1, 0.15) is 11.6 Å². The summed E-state index contributed by atoms with van der Waals surface area (Å²) in [6, 6.07) is 16.4. The second kappa shape index (κ2) is 10.3. The van der Waals surface area contributed by atoms with E-state index in [4.69, 9.17) is 21.1 Å². The van der Waals surface area contributed by atoms with Crippen LogP contribution < -0.4 is 9.47 Å². The lowest BCUT2D eigenvalue weighted by atomic mass is 10.1. The van der Waals surface area contributed by atoms with Gasteiger partial charge in [0.15, 0.2) is 16.7 Å². The molecule has 0 unspecified atom stereocenters. The van der Waals surface area contributed by atoms with E-state index >= 15 is 0 Å². The predicted octanol–water partition coefficient (Wildman–Crippen LogP) is 6.70. The fourth-order valence-corrected chi connectivity index (χ4v) is 4.77. The maximum absolute atomic E-state index is 13.6. The molecule has 0 aliphatic carbocycles. The van der Waals surface area contributed by atoms with Gasteiger partial charge in [0.2, 0.25) is 0 Å². The van der Waals surface area contributed by atoms with Gasteiger partial charge in [-0.25, -0.2) is 13.8 Å². The molecular weight excluding hydrogens is 466 g/mol. The first kappa shape index (κ1) is 23.1. The minimum absolute atomic E-state index is 0.312. The molecule has 0 aliphatic rings. The molecule has 0 fully saturated rings. The van der Waals surface area contributed by atoms with E-state index in [2.05, 4.69) is 4.98 Å². The summed E-state index contributed by atoms with van der Waals surface area (Å²) in [7, 11) is 3.19. The van der Waals surface area contributed by atoms with E-state index in [1.165, 1.54) is 36.0 Å². The summed E-state index contributed by atoms with van der Waals surface area (Å²) in [5.41, 5.74) is 3.52. The highest BCUT2D eigenvalue weighted by Crippen LogP contribution is 2.32. The number of aromatic nitrogens is 2. The number of ether oxygens (including phenoxy) is 2. The molecular formula is C25H21ClF2N2O2S. The van der Waals surface area contributed by atoms with Gasteiger partial charge >= 0.3 is 0 Å². The van der Waals surface area contributed by atoms with Gasteiger partial charge in [0.05, 0.1) is 20.4 Å². The van der Waals surface area contributed by atoms with Gasteiger partial charge in [-0.15, -0.1) is 0 Å². The molecule has 0 aliphatic heterocycles. The van der Waals surface area contributed by atoms with E-state index < -0.39 is 0 Å². The number of thioether (sulfide) groups is 1. The monoisotopic (exact) mass is 486 g/mol. The topological polar surface area (TPSA) is 36.3 Å². The Hall–Kier alpha value is -3.03. The molecule has 0 spiro atoms. The third kappa shape index (κ3) is 5.31. The Kier molecular flexibility index (Phi) is 7.20. The van der Waals surface area contributed by atoms with Gasteiger partial charge in [-0.2, -0.15) is 0 Å². The Labute approximate surface area is 200 Å². The van der Waals surface area contributed by atoms with Crippen molar-refractivity contribution in [1.82, 2.24) is 9.55 Å². The average molecular weight is 487 g/mol. The lowest BCUT2D eigenvalue weighted by Gasteiger charge is -2.14. The zero-order valence-electron chi connectivity index (χ0n) is 18.0. The number of methoxy groups -OCH3 is 2. The smallest absolute Gasteiger partial charge is 0.173 e. The molecule has 0 atom stereocenters. The van der Waals surface area contributed by atoms with Crippen LogP contribution in [0, 0.1) is 11.6 Å². The largest absolute Gasteiger partial charge is 0.493 e. The molecule has 1 aromatic heterocycles. The Morgan fingerprint density at radius 2 is 1.64 bits per heavy atom. The van der Waals surface area contributed by atoms with Crippen molar-refractivity contribution in [3.63, 3.8) is 0 Å². The second-order valence-electron chi connectivity index (χ2n) is 7.23.